The predicted molar refractivity (Wildman–Crippen MR) is 74.7 cm³/mol. The molecule has 118 valence electrons. The normalized spacial score (nSPS) is 30.0. The Morgan fingerprint density at radius 2 is 1.80 bits per heavy atom. The molecular weight excluding hydrogens is 265 g/mol. The van der Waals surface area contributed by atoms with Gasteiger partial charge in [0.15, 0.2) is 0 Å². The van der Waals surface area contributed by atoms with E-state index in [2.05, 4.69) is 17.1 Å². The molecular formula is C15H27F3N2. The van der Waals surface area contributed by atoms with Crippen LogP contribution in [-0.4, -0.2) is 42.8 Å². The maximum absolute atomic E-state index is 12.6. The minimum Gasteiger partial charge on any atom is -0.310 e. The van der Waals surface area contributed by atoms with Crippen molar-refractivity contribution in [3.63, 3.8) is 0 Å². The molecule has 0 radical (unpaired) electrons. The number of hydrogen-bond acceptors (Lipinski definition) is 2. The van der Waals surface area contributed by atoms with Crippen LogP contribution in [0.15, 0.2) is 0 Å². The largest absolute Gasteiger partial charge is 0.389 e. The molecule has 5 heteroatoms. The van der Waals surface area contributed by atoms with Crippen molar-refractivity contribution in [2.45, 2.75) is 70.1 Å². The summed E-state index contributed by atoms with van der Waals surface area (Å²) in [6, 6.07) is 0.777. The number of piperidine rings is 1. The molecule has 0 amide bonds. The first-order valence-electron chi connectivity index (χ1n) is 8.01. The molecule has 2 fully saturated rings. The smallest absolute Gasteiger partial charge is 0.310 e. The number of hydrogen-bond donors (Lipinski definition) is 1. The van der Waals surface area contributed by atoms with Gasteiger partial charge >= 0.3 is 6.18 Å². The summed E-state index contributed by atoms with van der Waals surface area (Å²) in [6.45, 7) is 4.53. The summed E-state index contributed by atoms with van der Waals surface area (Å²) in [4.78, 5) is 2.21. The Balaban J connectivity index is 1.89. The fourth-order valence-corrected chi connectivity index (χ4v) is 3.82. The molecule has 2 aliphatic rings. The summed E-state index contributed by atoms with van der Waals surface area (Å²) in [6.07, 6.45) is 1.92. The van der Waals surface area contributed by atoms with E-state index in [-0.39, 0.29) is 12.0 Å². The van der Waals surface area contributed by atoms with Crippen LogP contribution in [0.25, 0.3) is 0 Å². The molecule has 2 rings (SSSR count). The summed E-state index contributed by atoms with van der Waals surface area (Å²) in [5, 5.41) is 3.61. The van der Waals surface area contributed by atoms with Gasteiger partial charge in [0.25, 0.3) is 0 Å². The molecule has 0 aromatic carbocycles. The van der Waals surface area contributed by atoms with E-state index in [0.29, 0.717) is 19.0 Å². The zero-order valence-corrected chi connectivity index (χ0v) is 12.4. The Kier molecular flexibility index (Phi) is 5.73. The average molecular weight is 292 g/mol. The Labute approximate surface area is 120 Å². The van der Waals surface area contributed by atoms with Gasteiger partial charge in [-0.3, -0.25) is 0 Å². The minimum atomic E-state index is -4.03. The highest BCUT2D eigenvalue weighted by molar-refractivity contribution is 4.87. The molecule has 1 N–H and O–H groups in total. The molecule has 0 aromatic heterocycles. The Bertz CT molecular complexity index is 287. The van der Waals surface area contributed by atoms with Crippen molar-refractivity contribution in [1.82, 2.24) is 10.2 Å². The fraction of sp³-hybridized carbons (Fsp3) is 1.00. The summed E-state index contributed by atoms with van der Waals surface area (Å²) in [5.41, 5.74) is 0. The van der Waals surface area contributed by atoms with E-state index >= 15 is 0 Å². The lowest BCUT2D eigenvalue weighted by Crippen LogP contribution is -2.52. The van der Waals surface area contributed by atoms with Crippen LogP contribution < -0.4 is 5.32 Å². The van der Waals surface area contributed by atoms with E-state index in [0.717, 1.165) is 19.5 Å². The standard InChI is InChI=1S/C15H27F3N2/c1-2-7-20-10-12(9-15(16,17)18)8-14(11-20)19-13-5-3-4-6-13/h12-14,19H,2-11H2,1H3. The van der Waals surface area contributed by atoms with E-state index < -0.39 is 12.6 Å². The van der Waals surface area contributed by atoms with Crippen LogP contribution in [0.5, 0.6) is 0 Å². The summed E-state index contributed by atoms with van der Waals surface area (Å²) in [7, 11) is 0. The van der Waals surface area contributed by atoms with E-state index in [1.54, 1.807) is 0 Å². The molecule has 1 aliphatic carbocycles. The lowest BCUT2D eigenvalue weighted by Gasteiger charge is -2.39. The third kappa shape index (κ3) is 5.24. The highest BCUT2D eigenvalue weighted by Gasteiger charge is 2.36. The molecule has 2 nitrogen and oxygen atoms in total. The SMILES string of the molecule is CCCN1CC(CC(F)(F)F)CC(NC2CCCC2)C1. The number of likely N-dealkylation sites (tertiary alicyclic amines) is 1. The van der Waals surface area contributed by atoms with Crippen LogP contribution in [0.2, 0.25) is 0 Å². The van der Waals surface area contributed by atoms with Gasteiger partial charge in [-0.05, 0) is 38.1 Å². The molecule has 1 saturated carbocycles. The maximum atomic E-state index is 12.6. The monoisotopic (exact) mass is 292 g/mol. The molecule has 1 aliphatic heterocycles. The van der Waals surface area contributed by atoms with E-state index in [9.17, 15) is 13.2 Å². The topological polar surface area (TPSA) is 15.3 Å². The molecule has 1 heterocycles. The number of nitrogens with one attached hydrogen (secondary N) is 1. The molecule has 0 aromatic rings. The van der Waals surface area contributed by atoms with Gasteiger partial charge in [-0.1, -0.05) is 19.8 Å². The van der Waals surface area contributed by atoms with Gasteiger partial charge in [0.2, 0.25) is 0 Å². The first kappa shape index (κ1) is 16.1. The lowest BCUT2D eigenvalue weighted by atomic mass is 9.90. The van der Waals surface area contributed by atoms with Crippen LogP contribution in [0, 0.1) is 5.92 Å². The molecule has 20 heavy (non-hydrogen) atoms. The zero-order valence-electron chi connectivity index (χ0n) is 12.4. The zero-order chi connectivity index (χ0) is 14.6. The highest BCUT2D eigenvalue weighted by atomic mass is 19.4. The predicted octanol–water partition coefficient (Wildman–Crippen LogP) is 3.57. The van der Waals surface area contributed by atoms with Crippen LogP contribution in [0.3, 0.4) is 0 Å². The van der Waals surface area contributed by atoms with Gasteiger partial charge in [0.1, 0.15) is 0 Å². The van der Waals surface area contributed by atoms with Gasteiger partial charge in [-0.2, -0.15) is 13.2 Å². The lowest BCUT2D eigenvalue weighted by molar-refractivity contribution is -0.149. The first-order chi connectivity index (χ1) is 9.46. The second-order valence-corrected chi connectivity index (χ2v) is 6.53. The van der Waals surface area contributed by atoms with Crippen molar-refractivity contribution in [2.75, 3.05) is 19.6 Å². The summed E-state index contributed by atoms with van der Waals surface area (Å²) in [5.74, 6) is -0.241. The number of nitrogens with zero attached hydrogens (tertiary/aromatic N) is 1. The molecule has 0 spiro atoms. The van der Waals surface area contributed by atoms with Gasteiger partial charge < -0.3 is 10.2 Å². The third-order valence-corrected chi connectivity index (χ3v) is 4.50. The van der Waals surface area contributed by atoms with Crippen molar-refractivity contribution < 1.29 is 13.2 Å². The van der Waals surface area contributed by atoms with Crippen molar-refractivity contribution in [3.8, 4) is 0 Å². The van der Waals surface area contributed by atoms with Crippen LogP contribution >= 0.6 is 0 Å². The Morgan fingerprint density at radius 1 is 1.10 bits per heavy atom. The number of alkyl halides is 3. The van der Waals surface area contributed by atoms with Gasteiger partial charge in [-0.25, -0.2) is 0 Å². The van der Waals surface area contributed by atoms with E-state index in [1.807, 2.05) is 0 Å². The van der Waals surface area contributed by atoms with Crippen molar-refractivity contribution in [2.24, 2.45) is 5.92 Å². The van der Waals surface area contributed by atoms with E-state index in [4.69, 9.17) is 0 Å². The first-order valence-corrected chi connectivity index (χ1v) is 8.01. The van der Waals surface area contributed by atoms with E-state index in [1.165, 1.54) is 25.7 Å². The second-order valence-electron chi connectivity index (χ2n) is 6.53. The fourth-order valence-electron chi connectivity index (χ4n) is 3.82. The molecule has 2 atom stereocenters. The van der Waals surface area contributed by atoms with Crippen LogP contribution in [0.4, 0.5) is 13.2 Å². The average Bonchev–Trinajstić information content (AvgIpc) is 2.79. The highest BCUT2D eigenvalue weighted by Crippen LogP contribution is 2.31. The van der Waals surface area contributed by atoms with Gasteiger partial charge in [0.05, 0.1) is 0 Å². The van der Waals surface area contributed by atoms with Crippen LogP contribution in [0.1, 0.15) is 51.9 Å². The Morgan fingerprint density at radius 3 is 2.40 bits per heavy atom. The molecule has 0 bridgehead atoms. The van der Waals surface area contributed by atoms with Gasteiger partial charge in [-0.15, -0.1) is 0 Å². The van der Waals surface area contributed by atoms with Crippen molar-refractivity contribution >= 4 is 0 Å². The Hall–Kier alpha value is -0.290. The summed E-state index contributed by atoms with van der Waals surface area (Å²) >= 11 is 0. The van der Waals surface area contributed by atoms with Crippen molar-refractivity contribution in [3.05, 3.63) is 0 Å². The summed E-state index contributed by atoms with van der Waals surface area (Å²) < 4.78 is 37.9. The maximum Gasteiger partial charge on any atom is 0.389 e. The second kappa shape index (κ2) is 7.12. The van der Waals surface area contributed by atoms with Gasteiger partial charge in [0, 0.05) is 31.6 Å². The molecule has 1 saturated heterocycles. The van der Waals surface area contributed by atoms with Crippen LogP contribution in [-0.2, 0) is 0 Å². The number of halogens is 3. The number of rotatable bonds is 5. The third-order valence-electron chi connectivity index (χ3n) is 4.50. The quantitative estimate of drug-likeness (QED) is 0.833. The minimum absolute atomic E-state index is 0.241. The molecule has 2 unspecified atom stereocenters. The van der Waals surface area contributed by atoms with Crippen molar-refractivity contribution in [1.29, 1.82) is 0 Å².